The number of rotatable bonds is 6. The predicted molar refractivity (Wildman–Crippen MR) is 103 cm³/mol. The molecule has 1 saturated heterocycles. The van der Waals surface area contributed by atoms with Crippen LogP contribution in [0.4, 0.5) is 4.79 Å². The highest BCUT2D eigenvalue weighted by Gasteiger charge is 2.52. The molecule has 1 aliphatic carbocycles. The van der Waals surface area contributed by atoms with E-state index in [1.165, 1.54) is 0 Å². The Bertz CT molecular complexity index is 696. The van der Waals surface area contributed by atoms with Crippen LogP contribution in [-0.4, -0.2) is 34.8 Å². The lowest BCUT2D eigenvalue weighted by Gasteiger charge is -2.33. The van der Waals surface area contributed by atoms with Gasteiger partial charge in [0.15, 0.2) is 0 Å². The molecule has 0 radical (unpaired) electrons. The Kier molecular flexibility index (Phi) is 5.82. The lowest BCUT2D eigenvalue weighted by atomic mass is 9.77. The number of hydrogen-bond acceptors (Lipinski definition) is 3. The molecular weight excluding hydrogens is 342 g/mol. The molecule has 6 heteroatoms. The van der Waals surface area contributed by atoms with Crippen molar-refractivity contribution in [3.8, 4) is 0 Å². The summed E-state index contributed by atoms with van der Waals surface area (Å²) in [6.45, 7) is 4.00. The first-order valence-electron chi connectivity index (χ1n) is 9.93. The summed E-state index contributed by atoms with van der Waals surface area (Å²) in [6, 6.07) is 9.21. The molecule has 1 aromatic carbocycles. The summed E-state index contributed by atoms with van der Waals surface area (Å²) in [7, 11) is 0. The average molecular weight is 371 g/mol. The Balaban J connectivity index is 1.64. The number of nitrogens with zero attached hydrogens (tertiary/aromatic N) is 1. The van der Waals surface area contributed by atoms with Crippen LogP contribution >= 0.6 is 0 Å². The van der Waals surface area contributed by atoms with Crippen LogP contribution in [0.25, 0.3) is 0 Å². The molecule has 0 aromatic heterocycles. The van der Waals surface area contributed by atoms with Crippen molar-refractivity contribution >= 4 is 17.8 Å². The zero-order chi connectivity index (χ0) is 19.4. The van der Waals surface area contributed by atoms with Gasteiger partial charge in [0.1, 0.15) is 12.1 Å². The molecule has 1 aromatic rings. The van der Waals surface area contributed by atoms with Crippen molar-refractivity contribution in [3.63, 3.8) is 0 Å². The Hall–Kier alpha value is -2.37. The quantitative estimate of drug-likeness (QED) is 0.754. The third kappa shape index (κ3) is 4.15. The maximum Gasteiger partial charge on any atom is 0.325 e. The van der Waals surface area contributed by atoms with Gasteiger partial charge in [0.05, 0.1) is 6.04 Å². The molecule has 1 atom stereocenters. The number of nitrogens with one attached hydrogen (secondary N) is 2. The molecule has 3 rings (SSSR count). The number of imide groups is 1. The van der Waals surface area contributed by atoms with E-state index in [9.17, 15) is 14.4 Å². The van der Waals surface area contributed by atoms with Crippen LogP contribution < -0.4 is 10.6 Å². The summed E-state index contributed by atoms with van der Waals surface area (Å²) in [5, 5.41) is 5.85. The van der Waals surface area contributed by atoms with E-state index < -0.39 is 11.6 Å². The Morgan fingerprint density at radius 3 is 2.56 bits per heavy atom. The Labute approximate surface area is 160 Å². The monoisotopic (exact) mass is 371 g/mol. The minimum atomic E-state index is -0.799. The summed E-state index contributed by atoms with van der Waals surface area (Å²) < 4.78 is 0. The summed E-state index contributed by atoms with van der Waals surface area (Å²) in [5.74, 6) is 0.0154. The van der Waals surface area contributed by atoms with Crippen molar-refractivity contribution in [2.75, 3.05) is 6.54 Å². The molecule has 1 spiro atoms. The van der Waals surface area contributed by atoms with Crippen LogP contribution in [0.1, 0.15) is 64.0 Å². The van der Waals surface area contributed by atoms with Gasteiger partial charge in [-0.15, -0.1) is 0 Å². The van der Waals surface area contributed by atoms with Gasteiger partial charge in [0.25, 0.3) is 5.91 Å². The predicted octanol–water partition coefficient (Wildman–Crippen LogP) is 3.14. The van der Waals surface area contributed by atoms with Crippen LogP contribution in [0.15, 0.2) is 30.3 Å². The van der Waals surface area contributed by atoms with Gasteiger partial charge in [-0.3, -0.25) is 14.5 Å². The first kappa shape index (κ1) is 19.4. The fraction of sp³-hybridized carbons (Fsp3) is 0.571. The second-order valence-corrected chi connectivity index (χ2v) is 7.91. The first-order chi connectivity index (χ1) is 12.9. The van der Waals surface area contributed by atoms with E-state index in [2.05, 4.69) is 24.5 Å². The van der Waals surface area contributed by atoms with Gasteiger partial charge >= 0.3 is 6.03 Å². The molecule has 0 bridgehead atoms. The van der Waals surface area contributed by atoms with Crippen molar-refractivity contribution in [1.29, 1.82) is 0 Å². The zero-order valence-corrected chi connectivity index (χ0v) is 16.2. The molecular formula is C21H29N3O3. The van der Waals surface area contributed by atoms with E-state index in [0.29, 0.717) is 18.8 Å². The van der Waals surface area contributed by atoms with Gasteiger partial charge in [0, 0.05) is 0 Å². The van der Waals surface area contributed by atoms with Crippen LogP contribution in [0.2, 0.25) is 0 Å². The standard InChI is InChI=1S/C21H29N3O3/c1-3-7-17(16-8-5-4-6-9-16)22-18(25)14-24-19(26)21(23-20(24)27)12-10-15(2)11-13-21/h4-6,8-9,15,17H,3,7,10-14H2,1-2H3,(H,22,25)(H,23,27)/t15?,17-,21?/m0/s1. The maximum atomic E-state index is 12.9. The van der Waals surface area contributed by atoms with Gasteiger partial charge in [-0.2, -0.15) is 0 Å². The van der Waals surface area contributed by atoms with Crippen LogP contribution in [-0.2, 0) is 9.59 Å². The largest absolute Gasteiger partial charge is 0.348 e. The van der Waals surface area contributed by atoms with Gasteiger partial charge < -0.3 is 10.6 Å². The number of carbonyl (C=O) groups is 3. The minimum absolute atomic E-state index is 0.117. The molecule has 6 nitrogen and oxygen atoms in total. The lowest BCUT2D eigenvalue weighted by Crippen LogP contribution is -2.50. The molecule has 27 heavy (non-hydrogen) atoms. The second-order valence-electron chi connectivity index (χ2n) is 7.91. The number of hydrogen-bond donors (Lipinski definition) is 2. The van der Waals surface area contributed by atoms with Crippen molar-refractivity contribution in [3.05, 3.63) is 35.9 Å². The number of urea groups is 1. The summed E-state index contributed by atoms with van der Waals surface area (Å²) >= 11 is 0. The number of amides is 4. The van der Waals surface area contributed by atoms with Gasteiger partial charge in [-0.05, 0) is 43.6 Å². The highest BCUT2D eigenvalue weighted by atomic mass is 16.2. The van der Waals surface area contributed by atoms with Crippen molar-refractivity contribution in [1.82, 2.24) is 15.5 Å². The molecule has 2 fully saturated rings. The highest BCUT2D eigenvalue weighted by Crippen LogP contribution is 2.36. The van der Waals surface area contributed by atoms with Crippen molar-refractivity contribution < 1.29 is 14.4 Å². The second kappa shape index (κ2) is 8.11. The molecule has 1 heterocycles. The fourth-order valence-corrected chi connectivity index (χ4v) is 4.09. The molecule has 146 valence electrons. The van der Waals surface area contributed by atoms with E-state index in [0.717, 1.165) is 36.1 Å². The van der Waals surface area contributed by atoms with Crippen LogP contribution in [0, 0.1) is 5.92 Å². The van der Waals surface area contributed by atoms with Gasteiger partial charge in [0.2, 0.25) is 5.91 Å². The fourth-order valence-electron chi connectivity index (χ4n) is 4.09. The van der Waals surface area contributed by atoms with Crippen molar-refractivity contribution in [2.24, 2.45) is 5.92 Å². The third-order valence-corrected chi connectivity index (χ3v) is 5.79. The topological polar surface area (TPSA) is 78.5 Å². The molecule has 0 unspecified atom stereocenters. The van der Waals surface area contributed by atoms with Crippen LogP contribution in [0.3, 0.4) is 0 Å². The lowest BCUT2D eigenvalue weighted by molar-refractivity contribution is -0.136. The van der Waals surface area contributed by atoms with E-state index in [-0.39, 0.29) is 24.4 Å². The zero-order valence-electron chi connectivity index (χ0n) is 16.2. The first-order valence-corrected chi connectivity index (χ1v) is 9.93. The van der Waals surface area contributed by atoms with Crippen LogP contribution in [0.5, 0.6) is 0 Å². The number of carbonyl (C=O) groups excluding carboxylic acids is 3. The Morgan fingerprint density at radius 1 is 1.26 bits per heavy atom. The third-order valence-electron chi connectivity index (χ3n) is 5.79. The van der Waals surface area contributed by atoms with E-state index in [1.54, 1.807) is 0 Å². The number of benzene rings is 1. The molecule has 1 saturated carbocycles. The molecule has 2 aliphatic rings. The minimum Gasteiger partial charge on any atom is -0.348 e. The summed E-state index contributed by atoms with van der Waals surface area (Å²) in [6.07, 6.45) is 4.86. The molecule has 4 amide bonds. The van der Waals surface area contributed by atoms with E-state index >= 15 is 0 Å². The SMILES string of the molecule is CCC[C@H](NC(=O)CN1C(=O)NC2(CCC(C)CC2)C1=O)c1ccccc1. The van der Waals surface area contributed by atoms with E-state index in [4.69, 9.17) is 0 Å². The smallest absolute Gasteiger partial charge is 0.325 e. The normalized spacial score (nSPS) is 26.1. The molecule has 1 aliphatic heterocycles. The molecule has 2 N–H and O–H groups in total. The average Bonchev–Trinajstić information content (AvgIpc) is 2.89. The maximum absolute atomic E-state index is 12.9. The summed E-state index contributed by atoms with van der Waals surface area (Å²) in [4.78, 5) is 38.9. The highest BCUT2D eigenvalue weighted by molar-refractivity contribution is 6.09. The van der Waals surface area contributed by atoms with Gasteiger partial charge in [-0.1, -0.05) is 50.6 Å². The van der Waals surface area contributed by atoms with E-state index in [1.807, 2.05) is 30.3 Å². The Morgan fingerprint density at radius 2 is 1.93 bits per heavy atom. The summed E-state index contributed by atoms with van der Waals surface area (Å²) in [5.41, 5.74) is 0.231. The van der Waals surface area contributed by atoms with Crippen molar-refractivity contribution in [2.45, 2.75) is 64.0 Å². The van der Waals surface area contributed by atoms with Gasteiger partial charge in [-0.25, -0.2) is 4.79 Å².